The van der Waals surface area contributed by atoms with Crippen molar-refractivity contribution in [2.75, 3.05) is 25.1 Å². The summed E-state index contributed by atoms with van der Waals surface area (Å²) in [4.78, 5) is 28.1. The average Bonchev–Trinajstić information content (AvgIpc) is 2.44. The molecule has 0 radical (unpaired) electrons. The van der Waals surface area contributed by atoms with Crippen molar-refractivity contribution < 1.29 is 19.2 Å². The van der Waals surface area contributed by atoms with Gasteiger partial charge in [0.2, 0.25) is 5.82 Å². The number of methoxy groups -OCH3 is 1. The van der Waals surface area contributed by atoms with Crippen LogP contribution >= 0.6 is 0 Å². The van der Waals surface area contributed by atoms with Gasteiger partial charge in [0.25, 0.3) is 0 Å². The number of morpholine rings is 1. The molecule has 0 amide bonds. The number of aromatic nitrogens is 1. The van der Waals surface area contributed by atoms with Crippen LogP contribution in [0.3, 0.4) is 0 Å². The number of nitrogens with zero attached hydrogens (tertiary/aromatic N) is 3. The van der Waals surface area contributed by atoms with Crippen LogP contribution in [0, 0.1) is 10.1 Å². The van der Waals surface area contributed by atoms with E-state index in [9.17, 15) is 14.9 Å². The van der Waals surface area contributed by atoms with Crippen molar-refractivity contribution in [3.63, 3.8) is 0 Å². The minimum Gasteiger partial charge on any atom is -0.464 e. The van der Waals surface area contributed by atoms with Crippen LogP contribution in [0.2, 0.25) is 0 Å². The van der Waals surface area contributed by atoms with Crippen molar-refractivity contribution in [1.29, 1.82) is 0 Å². The number of anilines is 1. The lowest BCUT2D eigenvalue weighted by Gasteiger charge is -2.35. The van der Waals surface area contributed by atoms with Gasteiger partial charge in [-0.2, -0.15) is 0 Å². The van der Waals surface area contributed by atoms with Gasteiger partial charge >= 0.3 is 11.7 Å². The van der Waals surface area contributed by atoms with Crippen molar-refractivity contribution in [2.24, 2.45) is 0 Å². The number of esters is 1. The van der Waals surface area contributed by atoms with Crippen LogP contribution in [0.5, 0.6) is 0 Å². The second kappa shape index (κ2) is 6.04. The standard InChI is InChI=1S/C13H17N3O5/c1-8-6-15(7-9(2)21-8)12-11(16(18)19)5-4-10(14-12)13(17)20-3/h4-5,8-9H,6-7H2,1-3H3. The summed E-state index contributed by atoms with van der Waals surface area (Å²) in [7, 11) is 1.24. The molecule has 1 aromatic rings. The first-order valence-corrected chi connectivity index (χ1v) is 6.56. The molecule has 0 spiro atoms. The highest BCUT2D eigenvalue weighted by molar-refractivity contribution is 5.88. The minimum absolute atomic E-state index is 0.0462. The molecule has 1 aliphatic heterocycles. The molecular formula is C13H17N3O5. The van der Waals surface area contributed by atoms with Gasteiger partial charge in [0, 0.05) is 19.2 Å². The van der Waals surface area contributed by atoms with Gasteiger partial charge < -0.3 is 14.4 Å². The van der Waals surface area contributed by atoms with Crippen LogP contribution in [0.25, 0.3) is 0 Å². The van der Waals surface area contributed by atoms with Crippen LogP contribution in [0.1, 0.15) is 24.3 Å². The third-order valence-corrected chi connectivity index (χ3v) is 3.16. The SMILES string of the molecule is COC(=O)c1ccc([N+](=O)[O-])c(N2CC(C)OC(C)C2)n1. The van der Waals surface area contributed by atoms with Gasteiger partial charge in [-0.05, 0) is 19.9 Å². The van der Waals surface area contributed by atoms with Crippen molar-refractivity contribution in [2.45, 2.75) is 26.1 Å². The van der Waals surface area contributed by atoms with E-state index in [0.29, 0.717) is 13.1 Å². The Labute approximate surface area is 121 Å². The number of ether oxygens (including phenoxy) is 2. The molecule has 0 aliphatic carbocycles. The summed E-state index contributed by atoms with van der Waals surface area (Å²) in [5.41, 5.74) is -0.0890. The van der Waals surface area contributed by atoms with Gasteiger partial charge in [-0.15, -0.1) is 0 Å². The van der Waals surface area contributed by atoms with Crippen LogP contribution in [-0.4, -0.2) is 48.3 Å². The van der Waals surface area contributed by atoms with Crippen molar-refractivity contribution in [3.05, 3.63) is 27.9 Å². The molecule has 1 saturated heterocycles. The summed E-state index contributed by atoms with van der Waals surface area (Å²) < 4.78 is 10.2. The number of hydrogen-bond donors (Lipinski definition) is 0. The Balaban J connectivity index is 2.43. The van der Waals surface area contributed by atoms with Crippen LogP contribution < -0.4 is 4.90 Å². The third-order valence-electron chi connectivity index (χ3n) is 3.16. The fourth-order valence-electron chi connectivity index (χ4n) is 2.39. The molecule has 2 heterocycles. The van der Waals surface area contributed by atoms with E-state index < -0.39 is 10.9 Å². The van der Waals surface area contributed by atoms with Gasteiger partial charge in [-0.25, -0.2) is 9.78 Å². The molecule has 0 bridgehead atoms. The highest BCUT2D eigenvalue weighted by Crippen LogP contribution is 2.28. The quantitative estimate of drug-likeness (QED) is 0.472. The predicted molar refractivity (Wildman–Crippen MR) is 74.5 cm³/mol. The van der Waals surface area contributed by atoms with E-state index in [1.165, 1.54) is 19.2 Å². The van der Waals surface area contributed by atoms with Crippen molar-refractivity contribution in [1.82, 2.24) is 4.98 Å². The normalized spacial score (nSPS) is 22.0. The zero-order chi connectivity index (χ0) is 15.6. The fraction of sp³-hybridized carbons (Fsp3) is 0.538. The summed E-state index contributed by atoms with van der Waals surface area (Å²) in [6.45, 7) is 4.73. The van der Waals surface area contributed by atoms with E-state index in [4.69, 9.17) is 4.74 Å². The van der Waals surface area contributed by atoms with Gasteiger partial charge in [0.15, 0.2) is 5.69 Å². The maximum atomic E-state index is 11.6. The highest BCUT2D eigenvalue weighted by Gasteiger charge is 2.29. The average molecular weight is 295 g/mol. The monoisotopic (exact) mass is 295 g/mol. The van der Waals surface area contributed by atoms with Gasteiger partial charge in [-0.1, -0.05) is 0 Å². The highest BCUT2D eigenvalue weighted by atomic mass is 16.6. The molecule has 1 fully saturated rings. The first kappa shape index (κ1) is 15.2. The zero-order valence-electron chi connectivity index (χ0n) is 12.1. The topological polar surface area (TPSA) is 94.8 Å². The maximum Gasteiger partial charge on any atom is 0.356 e. The summed E-state index contributed by atoms with van der Waals surface area (Å²) in [6.07, 6.45) is -0.145. The van der Waals surface area contributed by atoms with Gasteiger partial charge in [-0.3, -0.25) is 10.1 Å². The van der Waals surface area contributed by atoms with E-state index in [1.807, 2.05) is 13.8 Å². The largest absolute Gasteiger partial charge is 0.464 e. The van der Waals surface area contributed by atoms with E-state index in [2.05, 4.69) is 9.72 Å². The molecule has 0 N–H and O–H groups in total. The molecule has 2 atom stereocenters. The summed E-state index contributed by atoms with van der Waals surface area (Å²) in [5, 5.41) is 11.2. The number of carbonyl (C=O) groups is 1. The number of nitro groups is 1. The number of carbonyl (C=O) groups excluding carboxylic acids is 1. The van der Waals surface area contributed by atoms with Crippen LogP contribution in [0.4, 0.5) is 11.5 Å². The smallest absolute Gasteiger partial charge is 0.356 e. The molecule has 114 valence electrons. The van der Waals surface area contributed by atoms with Gasteiger partial charge in [0.05, 0.1) is 24.2 Å². The molecule has 1 aliphatic rings. The van der Waals surface area contributed by atoms with E-state index >= 15 is 0 Å². The summed E-state index contributed by atoms with van der Waals surface area (Å²) >= 11 is 0. The van der Waals surface area contributed by atoms with Crippen molar-refractivity contribution >= 4 is 17.5 Å². The lowest BCUT2D eigenvalue weighted by molar-refractivity contribution is -0.384. The zero-order valence-corrected chi connectivity index (χ0v) is 12.1. The first-order chi connectivity index (χ1) is 9.92. The molecule has 2 rings (SSSR count). The number of rotatable bonds is 3. The Morgan fingerprint density at radius 1 is 1.43 bits per heavy atom. The lowest BCUT2D eigenvalue weighted by Crippen LogP contribution is -2.46. The van der Waals surface area contributed by atoms with Crippen molar-refractivity contribution in [3.8, 4) is 0 Å². The molecule has 21 heavy (non-hydrogen) atoms. The Morgan fingerprint density at radius 2 is 2.05 bits per heavy atom. The van der Waals surface area contributed by atoms with Crippen LogP contribution in [0.15, 0.2) is 12.1 Å². The molecule has 8 heteroatoms. The lowest BCUT2D eigenvalue weighted by atomic mass is 10.2. The fourth-order valence-corrected chi connectivity index (χ4v) is 2.39. The summed E-state index contributed by atoms with van der Waals surface area (Å²) in [6, 6.07) is 2.57. The number of pyridine rings is 1. The maximum absolute atomic E-state index is 11.6. The molecule has 0 aromatic carbocycles. The molecule has 8 nitrogen and oxygen atoms in total. The Hall–Kier alpha value is -2.22. The Bertz CT molecular complexity index is 553. The van der Waals surface area contributed by atoms with E-state index in [1.54, 1.807) is 4.90 Å². The first-order valence-electron chi connectivity index (χ1n) is 6.56. The molecule has 2 unspecified atom stereocenters. The second-order valence-corrected chi connectivity index (χ2v) is 4.95. The summed E-state index contributed by atoms with van der Waals surface area (Å²) in [5.74, 6) is -0.453. The Kier molecular flexibility index (Phi) is 4.37. The second-order valence-electron chi connectivity index (χ2n) is 4.95. The van der Waals surface area contributed by atoms with E-state index in [-0.39, 0.29) is 29.4 Å². The van der Waals surface area contributed by atoms with E-state index in [0.717, 1.165) is 0 Å². The number of hydrogen-bond acceptors (Lipinski definition) is 7. The molecule has 1 aromatic heterocycles. The molecule has 0 saturated carbocycles. The molecular weight excluding hydrogens is 278 g/mol. The third kappa shape index (κ3) is 3.27. The van der Waals surface area contributed by atoms with Gasteiger partial charge in [0.1, 0.15) is 0 Å². The Morgan fingerprint density at radius 3 is 2.57 bits per heavy atom. The minimum atomic E-state index is -0.625. The predicted octanol–water partition coefficient (Wildman–Crippen LogP) is 1.39. The van der Waals surface area contributed by atoms with Crippen LogP contribution in [-0.2, 0) is 9.47 Å².